The van der Waals surface area contributed by atoms with E-state index in [2.05, 4.69) is 0 Å². The summed E-state index contributed by atoms with van der Waals surface area (Å²) in [6.45, 7) is 4.02. The van der Waals surface area contributed by atoms with Crippen LogP contribution in [0.3, 0.4) is 0 Å². The van der Waals surface area contributed by atoms with Gasteiger partial charge in [0, 0.05) is 18.7 Å². The summed E-state index contributed by atoms with van der Waals surface area (Å²) in [6.07, 6.45) is 4.79. The highest BCUT2D eigenvalue weighted by Gasteiger charge is 2.19. The molecule has 2 rings (SSSR count). The minimum absolute atomic E-state index is 0.0619. The zero-order valence-corrected chi connectivity index (χ0v) is 16.6. The maximum atomic E-state index is 11.0. The van der Waals surface area contributed by atoms with E-state index < -0.39 is 5.97 Å². The summed E-state index contributed by atoms with van der Waals surface area (Å²) in [7, 11) is 1.66. The molecular weight excluding hydrogens is 356 g/mol. The fraction of sp³-hybridized carbons (Fsp3) is 0.348. The number of phenols is 1. The first-order chi connectivity index (χ1) is 13.4. The number of hydrogen-bond donors (Lipinski definition) is 2. The number of ether oxygens (including phenoxy) is 2. The van der Waals surface area contributed by atoms with Gasteiger partial charge in [0.25, 0.3) is 0 Å². The SMILES string of the molecule is CCC(Oc1cccc(C=CC(=O)O)c1CCc1ccc(O)cc1)C(C)OC. The quantitative estimate of drug-likeness (QED) is 0.591. The van der Waals surface area contributed by atoms with E-state index in [1.54, 1.807) is 25.3 Å². The van der Waals surface area contributed by atoms with Crippen molar-refractivity contribution in [2.24, 2.45) is 0 Å². The molecule has 0 radical (unpaired) electrons. The second-order valence-corrected chi connectivity index (χ2v) is 6.67. The Morgan fingerprint density at radius 2 is 1.86 bits per heavy atom. The van der Waals surface area contributed by atoms with Crippen LogP contribution in [0, 0.1) is 0 Å². The highest BCUT2D eigenvalue weighted by Crippen LogP contribution is 2.28. The van der Waals surface area contributed by atoms with E-state index in [0.717, 1.165) is 41.4 Å². The summed E-state index contributed by atoms with van der Waals surface area (Å²) in [6, 6.07) is 12.8. The van der Waals surface area contributed by atoms with Crippen molar-refractivity contribution in [1.82, 2.24) is 0 Å². The third-order valence-corrected chi connectivity index (χ3v) is 4.75. The average molecular weight is 384 g/mol. The number of carboxylic acid groups (broad SMARTS) is 1. The number of carbonyl (C=O) groups is 1. The number of methoxy groups -OCH3 is 1. The molecule has 0 aliphatic rings. The molecule has 0 bridgehead atoms. The van der Waals surface area contributed by atoms with E-state index in [4.69, 9.17) is 14.6 Å². The monoisotopic (exact) mass is 384 g/mol. The van der Waals surface area contributed by atoms with E-state index in [0.29, 0.717) is 6.42 Å². The molecule has 2 atom stereocenters. The Balaban J connectivity index is 2.33. The lowest BCUT2D eigenvalue weighted by molar-refractivity contribution is -0.131. The molecule has 0 aliphatic heterocycles. The molecule has 5 heteroatoms. The van der Waals surface area contributed by atoms with Gasteiger partial charge in [-0.15, -0.1) is 0 Å². The molecule has 150 valence electrons. The van der Waals surface area contributed by atoms with Crippen molar-refractivity contribution in [1.29, 1.82) is 0 Å². The topological polar surface area (TPSA) is 76.0 Å². The summed E-state index contributed by atoms with van der Waals surface area (Å²) in [5.74, 6) is -0.0192. The van der Waals surface area contributed by atoms with Gasteiger partial charge in [-0.05, 0) is 61.6 Å². The first-order valence-electron chi connectivity index (χ1n) is 9.44. The molecule has 5 nitrogen and oxygen atoms in total. The van der Waals surface area contributed by atoms with Gasteiger partial charge in [0.15, 0.2) is 0 Å². The van der Waals surface area contributed by atoms with Crippen molar-refractivity contribution in [2.75, 3.05) is 7.11 Å². The lowest BCUT2D eigenvalue weighted by Gasteiger charge is -2.25. The van der Waals surface area contributed by atoms with Crippen LogP contribution in [0.1, 0.15) is 37.0 Å². The molecule has 2 N–H and O–H groups in total. The minimum atomic E-state index is -0.991. The van der Waals surface area contributed by atoms with Gasteiger partial charge in [-0.2, -0.15) is 0 Å². The van der Waals surface area contributed by atoms with E-state index in [-0.39, 0.29) is 18.0 Å². The molecule has 2 aromatic carbocycles. The van der Waals surface area contributed by atoms with Crippen molar-refractivity contribution >= 4 is 12.0 Å². The average Bonchev–Trinajstić information content (AvgIpc) is 2.70. The fourth-order valence-corrected chi connectivity index (χ4v) is 3.04. The minimum Gasteiger partial charge on any atom is -0.508 e. The Kier molecular flexibility index (Phi) is 8.08. The van der Waals surface area contributed by atoms with E-state index in [9.17, 15) is 9.90 Å². The van der Waals surface area contributed by atoms with Crippen molar-refractivity contribution in [3.63, 3.8) is 0 Å². The van der Waals surface area contributed by atoms with Crippen LogP contribution in [0.4, 0.5) is 0 Å². The number of phenolic OH excluding ortho intramolecular Hbond substituents is 1. The number of benzene rings is 2. The van der Waals surface area contributed by atoms with Crippen LogP contribution in [0.15, 0.2) is 48.5 Å². The second kappa shape index (κ2) is 10.5. The van der Waals surface area contributed by atoms with Gasteiger partial charge >= 0.3 is 5.97 Å². The predicted octanol–water partition coefficient (Wildman–Crippen LogP) is 4.47. The van der Waals surface area contributed by atoms with Gasteiger partial charge in [-0.25, -0.2) is 4.79 Å². The normalized spacial score (nSPS) is 13.4. The Labute approximate surface area is 166 Å². The molecule has 2 aromatic rings. The van der Waals surface area contributed by atoms with Gasteiger partial charge < -0.3 is 19.7 Å². The van der Waals surface area contributed by atoms with Crippen LogP contribution in [0.25, 0.3) is 6.08 Å². The Bertz CT molecular complexity index is 795. The van der Waals surface area contributed by atoms with Crippen LogP contribution < -0.4 is 4.74 Å². The van der Waals surface area contributed by atoms with Gasteiger partial charge in [0.1, 0.15) is 17.6 Å². The number of aromatic hydroxyl groups is 1. The van der Waals surface area contributed by atoms with Gasteiger partial charge in [-0.3, -0.25) is 0 Å². The first kappa shape index (κ1) is 21.5. The van der Waals surface area contributed by atoms with Crippen LogP contribution in [-0.2, 0) is 22.4 Å². The summed E-state index contributed by atoms with van der Waals surface area (Å²) in [5.41, 5.74) is 2.85. The standard InChI is InChI=1S/C23H28O5/c1-4-21(16(2)27-3)28-22-7-5-6-18(11-15-23(25)26)20(22)14-10-17-8-12-19(24)13-9-17/h5-9,11-13,15-16,21,24H,4,10,14H2,1-3H3,(H,25,26). The van der Waals surface area contributed by atoms with Crippen molar-refractivity contribution in [3.8, 4) is 11.5 Å². The maximum Gasteiger partial charge on any atom is 0.328 e. The predicted molar refractivity (Wildman–Crippen MR) is 110 cm³/mol. The lowest BCUT2D eigenvalue weighted by Crippen LogP contribution is -2.30. The first-order valence-corrected chi connectivity index (χ1v) is 9.44. The highest BCUT2D eigenvalue weighted by atomic mass is 16.5. The van der Waals surface area contributed by atoms with Crippen molar-refractivity contribution in [2.45, 2.75) is 45.3 Å². The Morgan fingerprint density at radius 1 is 1.14 bits per heavy atom. The van der Waals surface area contributed by atoms with Gasteiger partial charge in [-0.1, -0.05) is 31.2 Å². The Morgan fingerprint density at radius 3 is 2.46 bits per heavy atom. The molecule has 0 amide bonds. The van der Waals surface area contributed by atoms with Crippen molar-refractivity contribution < 1.29 is 24.5 Å². The third kappa shape index (κ3) is 6.13. The van der Waals surface area contributed by atoms with Gasteiger partial charge in [0.2, 0.25) is 0 Å². The molecule has 0 aromatic heterocycles. The molecule has 0 aliphatic carbocycles. The molecule has 28 heavy (non-hydrogen) atoms. The second-order valence-electron chi connectivity index (χ2n) is 6.67. The van der Waals surface area contributed by atoms with Crippen molar-refractivity contribution in [3.05, 3.63) is 65.2 Å². The van der Waals surface area contributed by atoms with E-state index >= 15 is 0 Å². The summed E-state index contributed by atoms with van der Waals surface area (Å²) in [5, 5.41) is 18.5. The lowest BCUT2D eigenvalue weighted by atomic mass is 9.98. The van der Waals surface area contributed by atoms with Crippen LogP contribution in [0.5, 0.6) is 11.5 Å². The number of hydrogen-bond acceptors (Lipinski definition) is 4. The zero-order chi connectivity index (χ0) is 20.5. The maximum absolute atomic E-state index is 11.0. The Hall–Kier alpha value is -2.79. The van der Waals surface area contributed by atoms with Crippen LogP contribution in [-0.4, -0.2) is 35.5 Å². The third-order valence-electron chi connectivity index (χ3n) is 4.75. The number of aryl methyl sites for hydroxylation is 1. The summed E-state index contributed by atoms with van der Waals surface area (Å²) >= 11 is 0. The molecular formula is C23H28O5. The summed E-state index contributed by atoms with van der Waals surface area (Å²) in [4.78, 5) is 11.0. The van der Waals surface area contributed by atoms with Crippen LogP contribution in [0.2, 0.25) is 0 Å². The summed E-state index contributed by atoms with van der Waals surface area (Å²) < 4.78 is 11.7. The fourth-order valence-electron chi connectivity index (χ4n) is 3.04. The van der Waals surface area contributed by atoms with Crippen LogP contribution >= 0.6 is 0 Å². The molecule has 0 fully saturated rings. The number of carboxylic acids is 1. The molecule has 0 saturated heterocycles. The van der Waals surface area contributed by atoms with E-state index in [1.165, 1.54) is 0 Å². The molecule has 0 saturated carbocycles. The van der Waals surface area contributed by atoms with E-state index in [1.807, 2.05) is 44.2 Å². The number of aliphatic carboxylic acids is 1. The molecule has 0 spiro atoms. The highest BCUT2D eigenvalue weighted by molar-refractivity contribution is 5.85. The molecule has 2 unspecified atom stereocenters. The number of rotatable bonds is 10. The smallest absolute Gasteiger partial charge is 0.328 e. The molecule has 0 heterocycles. The largest absolute Gasteiger partial charge is 0.508 e. The zero-order valence-electron chi connectivity index (χ0n) is 16.6. The van der Waals surface area contributed by atoms with Gasteiger partial charge in [0.05, 0.1) is 6.10 Å².